The first-order valence-corrected chi connectivity index (χ1v) is 9.83. The molecule has 2 atom stereocenters. The number of nitrogens with two attached hydrogens (primary N) is 1. The van der Waals surface area contributed by atoms with Crippen molar-refractivity contribution < 1.29 is 14.2 Å². The van der Waals surface area contributed by atoms with Crippen LogP contribution in [0.2, 0.25) is 0 Å². The lowest BCUT2D eigenvalue weighted by molar-refractivity contribution is -0.0369. The molecule has 3 aromatic rings. The molecule has 148 valence electrons. The van der Waals surface area contributed by atoms with Crippen molar-refractivity contribution in [2.45, 2.75) is 43.9 Å². The monoisotopic (exact) mass is 380 g/mol. The van der Waals surface area contributed by atoms with E-state index in [4.69, 9.17) is 19.9 Å². The highest BCUT2D eigenvalue weighted by Crippen LogP contribution is 2.40. The number of hydrogen-bond donors (Lipinski definition) is 2. The lowest BCUT2D eigenvalue weighted by Gasteiger charge is -2.41. The van der Waals surface area contributed by atoms with Crippen LogP contribution >= 0.6 is 0 Å². The van der Waals surface area contributed by atoms with Gasteiger partial charge in [-0.15, -0.1) is 0 Å². The molecule has 2 unspecified atom stereocenters. The average Bonchev–Trinajstić information content (AvgIpc) is 3.18. The van der Waals surface area contributed by atoms with Gasteiger partial charge in [0.1, 0.15) is 11.5 Å². The molecule has 28 heavy (non-hydrogen) atoms. The van der Waals surface area contributed by atoms with Crippen molar-refractivity contribution in [1.82, 2.24) is 4.98 Å². The molecule has 0 spiro atoms. The van der Waals surface area contributed by atoms with E-state index >= 15 is 0 Å². The highest BCUT2D eigenvalue weighted by Gasteiger charge is 2.41. The largest absolute Gasteiger partial charge is 0.497 e. The van der Waals surface area contributed by atoms with Crippen molar-refractivity contribution >= 4 is 10.9 Å². The van der Waals surface area contributed by atoms with Crippen LogP contribution in [0.1, 0.15) is 36.8 Å². The summed E-state index contributed by atoms with van der Waals surface area (Å²) < 4.78 is 17.2. The van der Waals surface area contributed by atoms with Crippen LogP contribution in [0.4, 0.5) is 0 Å². The summed E-state index contributed by atoms with van der Waals surface area (Å²) in [4.78, 5) is 3.37. The lowest BCUT2D eigenvalue weighted by Crippen LogP contribution is -2.51. The summed E-state index contributed by atoms with van der Waals surface area (Å²) in [7, 11) is 3.31. The third-order valence-corrected chi connectivity index (χ3v) is 5.83. The molecule has 1 heterocycles. The Morgan fingerprint density at radius 2 is 1.82 bits per heavy atom. The van der Waals surface area contributed by atoms with Crippen molar-refractivity contribution in [1.29, 1.82) is 0 Å². The van der Waals surface area contributed by atoms with E-state index in [1.165, 1.54) is 5.39 Å². The number of ether oxygens (including phenoxy) is 3. The van der Waals surface area contributed by atoms with Crippen LogP contribution in [0.5, 0.6) is 11.5 Å². The molecule has 4 rings (SSSR count). The molecule has 0 saturated heterocycles. The molecule has 1 aromatic heterocycles. The average molecular weight is 380 g/mol. The quantitative estimate of drug-likeness (QED) is 0.661. The Balaban J connectivity index is 1.59. The summed E-state index contributed by atoms with van der Waals surface area (Å²) in [5.41, 5.74) is 9.80. The summed E-state index contributed by atoms with van der Waals surface area (Å²) in [6, 6.07) is 14.1. The van der Waals surface area contributed by atoms with Crippen LogP contribution in [-0.4, -0.2) is 25.3 Å². The van der Waals surface area contributed by atoms with E-state index in [-0.39, 0.29) is 6.10 Å². The fourth-order valence-corrected chi connectivity index (χ4v) is 4.31. The van der Waals surface area contributed by atoms with Crippen LogP contribution in [0.25, 0.3) is 10.9 Å². The molecular formula is C23H28N2O3. The van der Waals surface area contributed by atoms with Crippen LogP contribution in [0, 0.1) is 0 Å². The second-order valence-corrected chi connectivity index (χ2v) is 7.55. The van der Waals surface area contributed by atoms with Gasteiger partial charge < -0.3 is 24.9 Å². The van der Waals surface area contributed by atoms with Gasteiger partial charge in [-0.05, 0) is 42.2 Å². The Morgan fingerprint density at radius 3 is 2.57 bits per heavy atom. The Morgan fingerprint density at radius 1 is 1.07 bits per heavy atom. The Kier molecular flexibility index (Phi) is 5.29. The first-order chi connectivity index (χ1) is 13.6. The van der Waals surface area contributed by atoms with Crippen LogP contribution in [0.15, 0.2) is 48.7 Å². The van der Waals surface area contributed by atoms with Crippen LogP contribution in [0.3, 0.4) is 0 Å². The van der Waals surface area contributed by atoms with Crippen molar-refractivity contribution in [2.24, 2.45) is 5.73 Å². The van der Waals surface area contributed by atoms with Gasteiger partial charge in [0.05, 0.1) is 32.5 Å². The van der Waals surface area contributed by atoms with Gasteiger partial charge in [-0.25, -0.2) is 0 Å². The summed E-state index contributed by atoms with van der Waals surface area (Å²) in [6.07, 6.45) is 6.13. The Labute approximate surface area is 165 Å². The fourth-order valence-electron chi connectivity index (χ4n) is 4.31. The molecule has 0 amide bonds. The minimum absolute atomic E-state index is 0.0438. The summed E-state index contributed by atoms with van der Waals surface area (Å²) >= 11 is 0. The molecule has 1 aliphatic carbocycles. The molecule has 1 fully saturated rings. The van der Waals surface area contributed by atoms with E-state index in [9.17, 15) is 0 Å². The Hall–Kier alpha value is -2.50. The van der Waals surface area contributed by atoms with E-state index in [1.807, 2.05) is 24.3 Å². The van der Waals surface area contributed by atoms with Gasteiger partial charge >= 0.3 is 0 Å². The Bertz CT molecular complexity index is 930. The van der Waals surface area contributed by atoms with Crippen molar-refractivity contribution in [3.05, 3.63) is 59.8 Å². The second-order valence-electron chi connectivity index (χ2n) is 7.55. The van der Waals surface area contributed by atoms with Gasteiger partial charge in [0.2, 0.25) is 0 Å². The minimum atomic E-state index is -0.499. The first kappa shape index (κ1) is 18.8. The number of hydrogen-bond acceptors (Lipinski definition) is 4. The van der Waals surface area contributed by atoms with Crippen molar-refractivity contribution in [3.63, 3.8) is 0 Å². The predicted octanol–water partition coefficient (Wildman–Crippen LogP) is 4.50. The normalized spacial score (nSPS) is 22.3. The topological polar surface area (TPSA) is 69.5 Å². The smallest absolute Gasteiger partial charge is 0.122 e. The van der Waals surface area contributed by atoms with E-state index in [2.05, 4.69) is 29.4 Å². The number of aromatic amines is 1. The third-order valence-electron chi connectivity index (χ3n) is 5.83. The van der Waals surface area contributed by atoms with E-state index < -0.39 is 5.54 Å². The molecule has 5 nitrogen and oxygen atoms in total. The number of H-pyrrole nitrogens is 1. The van der Waals surface area contributed by atoms with Crippen LogP contribution < -0.4 is 15.2 Å². The van der Waals surface area contributed by atoms with Gasteiger partial charge in [0.15, 0.2) is 0 Å². The highest BCUT2D eigenvalue weighted by atomic mass is 16.5. The molecule has 1 saturated carbocycles. The molecule has 1 aliphatic rings. The summed E-state index contributed by atoms with van der Waals surface area (Å²) in [5.74, 6) is 1.52. The lowest BCUT2D eigenvalue weighted by atomic mass is 9.75. The van der Waals surface area contributed by atoms with Crippen LogP contribution in [-0.2, 0) is 16.9 Å². The third kappa shape index (κ3) is 3.48. The molecular weight excluding hydrogens is 352 g/mol. The molecule has 5 heteroatoms. The van der Waals surface area contributed by atoms with Gasteiger partial charge in [0, 0.05) is 23.2 Å². The first-order valence-electron chi connectivity index (χ1n) is 9.83. The standard InChI is InChI=1S/C23H28N2O3/c1-26-17-11-16(12-18(13-17)27-2)15-28-22-9-5-6-10-23(22,24)20-14-25-21-8-4-3-7-19(20)21/h3-4,7-8,11-14,22,25H,5-6,9-10,15,24H2,1-2H3. The maximum Gasteiger partial charge on any atom is 0.122 e. The van der Waals surface area contributed by atoms with Gasteiger partial charge in [-0.1, -0.05) is 31.0 Å². The number of rotatable bonds is 6. The zero-order valence-corrected chi connectivity index (χ0v) is 16.5. The maximum atomic E-state index is 7.02. The molecule has 0 bridgehead atoms. The predicted molar refractivity (Wildman–Crippen MR) is 111 cm³/mol. The SMILES string of the molecule is COc1cc(COC2CCCCC2(N)c2c[nH]c3ccccc23)cc(OC)c1. The van der Waals surface area contributed by atoms with Gasteiger partial charge in [-0.2, -0.15) is 0 Å². The van der Waals surface area contributed by atoms with Gasteiger partial charge in [-0.3, -0.25) is 0 Å². The zero-order valence-electron chi connectivity index (χ0n) is 16.5. The summed E-state index contributed by atoms with van der Waals surface area (Å²) in [6.45, 7) is 0.472. The molecule has 0 radical (unpaired) electrons. The van der Waals surface area contributed by atoms with E-state index in [1.54, 1.807) is 14.2 Å². The van der Waals surface area contributed by atoms with Gasteiger partial charge in [0.25, 0.3) is 0 Å². The fraction of sp³-hybridized carbons (Fsp3) is 0.391. The number of para-hydroxylation sites is 1. The van der Waals surface area contributed by atoms with Crippen molar-refractivity contribution in [2.75, 3.05) is 14.2 Å². The number of methoxy groups -OCH3 is 2. The van der Waals surface area contributed by atoms with Crippen molar-refractivity contribution in [3.8, 4) is 11.5 Å². The summed E-state index contributed by atoms with van der Waals surface area (Å²) in [5, 5.41) is 1.18. The number of aromatic nitrogens is 1. The van der Waals surface area contributed by atoms with E-state index in [0.717, 1.165) is 53.8 Å². The van der Waals surface area contributed by atoms with E-state index in [0.29, 0.717) is 6.61 Å². The number of nitrogens with one attached hydrogen (secondary N) is 1. The number of fused-ring (bicyclic) bond motifs is 1. The molecule has 3 N–H and O–H groups in total. The second kappa shape index (κ2) is 7.86. The maximum absolute atomic E-state index is 7.02. The zero-order chi connectivity index (χ0) is 19.6. The minimum Gasteiger partial charge on any atom is -0.497 e. The highest BCUT2D eigenvalue weighted by molar-refractivity contribution is 5.84. The number of benzene rings is 2. The molecule has 0 aliphatic heterocycles. The molecule has 2 aromatic carbocycles.